The summed E-state index contributed by atoms with van der Waals surface area (Å²) in [5.74, 6) is 0.457. The molecule has 0 heterocycles. The number of carbonyl (C=O) groups is 1. The number of nitrogens with two attached hydrogens (primary N) is 1. The zero-order valence-electron chi connectivity index (χ0n) is 11.6. The van der Waals surface area contributed by atoms with Crippen LogP contribution in [0.5, 0.6) is 5.75 Å². The molecule has 0 aromatic heterocycles. The molecule has 0 saturated heterocycles. The third-order valence-electron chi connectivity index (χ3n) is 2.84. The molecule has 106 valence electrons. The van der Waals surface area contributed by atoms with Crippen LogP contribution in [0.1, 0.15) is 38.8 Å². The second-order valence-corrected chi connectivity index (χ2v) is 5.07. The summed E-state index contributed by atoms with van der Waals surface area (Å²) >= 11 is 5.92. The topological polar surface area (TPSA) is 64.3 Å². The van der Waals surface area contributed by atoms with Crippen molar-refractivity contribution in [3.05, 3.63) is 28.8 Å². The Morgan fingerprint density at radius 3 is 2.74 bits per heavy atom. The fourth-order valence-electron chi connectivity index (χ4n) is 1.57. The van der Waals surface area contributed by atoms with Gasteiger partial charge in [0.25, 0.3) is 5.91 Å². The summed E-state index contributed by atoms with van der Waals surface area (Å²) < 4.78 is 5.51. The van der Waals surface area contributed by atoms with Gasteiger partial charge in [0.15, 0.2) is 6.61 Å². The molecule has 0 aliphatic heterocycles. The van der Waals surface area contributed by atoms with Crippen LogP contribution in [0.15, 0.2) is 18.2 Å². The molecule has 2 atom stereocenters. The Kier molecular flexibility index (Phi) is 6.12. The number of rotatable bonds is 6. The summed E-state index contributed by atoms with van der Waals surface area (Å²) in [4.78, 5) is 11.6. The Bertz CT molecular complexity index is 435. The summed E-state index contributed by atoms with van der Waals surface area (Å²) in [5.41, 5.74) is 6.65. The molecule has 0 spiro atoms. The van der Waals surface area contributed by atoms with Gasteiger partial charge in [0.1, 0.15) is 5.75 Å². The highest BCUT2D eigenvalue weighted by molar-refractivity contribution is 6.30. The van der Waals surface area contributed by atoms with Gasteiger partial charge in [-0.25, -0.2) is 0 Å². The number of amides is 1. The number of hydrogen-bond acceptors (Lipinski definition) is 3. The smallest absolute Gasteiger partial charge is 0.258 e. The molecule has 1 rings (SSSR count). The van der Waals surface area contributed by atoms with Gasteiger partial charge in [-0.05, 0) is 38.5 Å². The molecule has 1 amide bonds. The third kappa shape index (κ3) is 5.09. The molecular formula is C14H21ClN2O2. The van der Waals surface area contributed by atoms with Crippen LogP contribution in [0, 0.1) is 0 Å². The number of hydrogen-bond donors (Lipinski definition) is 2. The average Bonchev–Trinajstić information content (AvgIpc) is 2.36. The molecule has 0 fully saturated rings. The number of halogens is 1. The van der Waals surface area contributed by atoms with Crippen LogP contribution in [0.3, 0.4) is 0 Å². The maximum atomic E-state index is 11.6. The normalized spacial score (nSPS) is 13.7. The summed E-state index contributed by atoms with van der Waals surface area (Å²) in [6, 6.07) is 5.15. The lowest BCUT2D eigenvalue weighted by Gasteiger charge is -2.15. The van der Waals surface area contributed by atoms with Gasteiger partial charge in [0, 0.05) is 22.7 Å². The first-order chi connectivity index (χ1) is 8.93. The molecule has 0 aliphatic carbocycles. The fourth-order valence-corrected chi connectivity index (χ4v) is 1.75. The van der Waals surface area contributed by atoms with E-state index in [2.05, 4.69) is 5.32 Å². The maximum Gasteiger partial charge on any atom is 0.258 e. The molecule has 19 heavy (non-hydrogen) atoms. The van der Waals surface area contributed by atoms with Crippen LogP contribution in [-0.4, -0.2) is 18.6 Å². The highest BCUT2D eigenvalue weighted by Crippen LogP contribution is 2.27. The minimum atomic E-state index is -0.202. The summed E-state index contributed by atoms with van der Waals surface area (Å²) in [6.07, 6.45) is 0.887. The first kappa shape index (κ1) is 15.8. The molecule has 0 bridgehead atoms. The second kappa shape index (κ2) is 7.36. The zero-order chi connectivity index (χ0) is 14.4. The van der Waals surface area contributed by atoms with Gasteiger partial charge in [-0.1, -0.05) is 18.5 Å². The maximum absolute atomic E-state index is 11.6. The minimum absolute atomic E-state index is 0.0221. The number of benzene rings is 1. The number of nitrogens with one attached hydrogen (secondary N) is 1. The van der Waals surface area contributed by atoms with Gasteiger partial charge in [-0.2, -0.15) is 0 Å². The summed E-state index contributed by atoms with van der Waals surface area (Å²) in [5, 5.41) is 3.44. The van der Waals surface area contributed by atoms with E-state index in [0.717, 1.165) is 12.0 Å². The van der Waals surface area contributed by atoms with Crippen LogP contribution >= 0.6 is 11.6 Å². The Hall–Kier alpha value is -1.26. The van der Waals surface area contributed by atoms with Crippen molar-refractivity contribution in [3.63, 3.8) is 0 Å². The van der Waals surface area contributed by atoms with Crippen molar-refractivity contribution in [1.29, 1.82) is 0 Å². The van der Waals surface area contributed by atoms with E-state index in [0.29, 0.717) is 10.8 Å². The first-order valence-corrected chi connectivity index (χ1v) is 6.79. The van der Waals surface area contributed by atoms with Crippen LogP contribution in [-0.2, 0) is 4.79 Å². The number of ether oxygens (including phenoxy) is 1. The summed E-state index contributed by atoms with van der Waals surface area (Å²) in [7, 11) is 0. The van der Waals surface area contributed by atoms with E-state index in [4.69, 9.17) is 22.1 Å². The van der Waals surface area contributed by atoms with Crippen molar-refractivity contribution in [2.75, 3.05) is 6.61 Å². The molecule has 0 saturated carbocycles. The zero-order valence-corrected chi connectivity index (χ0v) is 12.3. The summed E-state index contributed by atoms with van der Waals surface area (Å²) in [6.45, 7) is 5.79. The SMILES string of the molecule is CCC(C)NC(=O)COc1ccc(Cl)cc1[C@H](C)N. The lowest BCUT2D eigenvalue weighted by atomic mass is 10.1. The lowest BCUT2D eigenvalue weighted by molar-refractivity contribution is -0.123. The third-order valence-corrected chi connectivity index (χ3v) is 3.08. The Morgan fingerprint density at radius 1 is 1.47 bits per heavy atom. The Labute approximate surface area is 119 Å². The van der Waals surface area contributed by atoms with Crippen molar-refractivity contribution >= 4 is 17.5 Å². The molecule has 3 N–H and O–H groups in total. The molecule has 5 heteroatoms. The number of carbonyl (C=O) groups excluding carboxylic acids is 1. The van der Waals surface area contributed by atoms with Gasteiger partial charge in [-0.3, -0.25) is 4.79 Å². The molecule has 1 aromatic rings. The standard InChI is InChI=1S/C14H21ClN2O2/c1-4-9(2)17-14(18)8-19-13-6-5-11(15)7-12(13)10(3)16/h5-7,9-10H,4,8,16H2,1-3H3,(H,17,18)/t9?,10-/m0/s1. The molecule has 0 aliphatic rings. The molecular weight excluding hydrogens is 264 g/mol. The van der Waals surface area contributed by atoms with E-state index >= 15 is 0 Å². The van der Waals surface area contributed by atoms with E-state index in [1.807, 2.05) is 20.8 Å². The van der Waals surface area contributed by atoms with Crippen LogP contribution in [0.2, 0.25) is 5.02 Å². The van der Waals surface area contributed by atoms with Gasteiger partial charge >= 0.3 is 0 Å². The highest BCUT2D eigenvalue weighted by atomic mass is 35.5. The Morgan fingerprint density at radius 2 is 2.16 bits per heavy atom. The monoisotopic (exact) mass is 284 g/mol. The van der Waals surface area contributed by atoms with Gasteiger partial charge in [-0.15, -0.1) is 0 Å². The van der Waals surface area contributed by atoms with E-state index in [1.165, 1.54) is 0 Å². The Balaban J connectivity index is 2.65. The van der Waals surface area contributed by atoms with Gasteiger partial charge < -0.3 is 15.8 Å². The second-order valence-electron chi connectivity index (χ2n) is 4.64. The van der Waals surface area contributed by atoms with Crippen LogP contribution < -0.4 is 15.8 Å². The van der Waals surface area contributed by atoms with E-state index in [-0.39, 0.29) is 24.6 Å². The van der Waals surface area contributed by atoms with Crippen molar-refractivity contribution in [2.45, 2.75) is 39.3 Å². The molecule has 1 unspecified atom stereocenters. The van der Waals surface area contributed by atoms with Crippen molar-refractivity contribution in [3.8, 4) is 5.75 Å². The average molecular weight is 285 g/mol. The van der Waals surface area contributed by atoms with Crippen LogP contribution in [0.4, 0.5) is 0 Å². The van der Waals surface area contributed by atoms with Gasteiger partial charge in [0.2, 0.25) is 0 Å². The first-order valence-electron chi connectivity index (χ1n) is 6.41. The molecule has 1 aromatic carbocycles. The van der Waals surface area contributed by atoms with E-state index in [9.17, 15) is 4.79 Å². The van der Waals surface area contributed by atoms with Crippen molar-refractivity contribution in [2.24, 2.45) is 5.73 Å². The van der Waals surface area contributed by atoms with Crippen molar-refractivity contribution in [1.82, 2.24) is 5.32 Å². The predicted molar refractivity (Wildman–Crippen MR) is 77.4 cm³/mol. The molecule has 0 radical (unpaired) electrons. The van der Waals surface area contributed by atoms with E-state index < -0.39 is 0 Å². The van der Waals surface area contributed by atoms with Gasteiger partial charge in [0.05, 0.1) is 0 Å². The fraction of sp³-hybridized carbons (Fsp3) is 0.500. The quantitative estimate of drug-likeness (QED) is 0.844. The lowest BCUT2D eigenvalue weighted by Crippen LogP contribution is -2.35. The molecule has 4 nitrogen and oxygen atoms in total. The van der Waals surface area contributed by atoms with E-state index in [1.54, 1.807) is 18.2 Å². The minimum Gasteiger partial charge on any atom is -0.483 e. The van der Waals surface area contributed by atoms with Crippen molar-refractivity contribution < 1.29 is 9.53 Å². The predicted octanol–water partition coefficient (Wildman–Crippen LogP) is 2.65. The largest absolute Gasteiger partial charge is 0.483 e. The highest BCUT2D eigenvalue weighted by Gasteiger charge is 2.11. The van der Waals surface area contributed by atoms with Crippen LogP contribution in [0.25, 0.3) is 0 Å².